The van der Waals surface area contributed by atoms with Crippen molar-refractivity contribution in [3.63, 3.8) is 0 Å². The molecule has 8 nitrogen and oxygen atoms in total. The highest BCUT2D eigenvalue weighted by Gasteiger charge is 2.13. The van der Waals surface area contributed by atoms with Crippen LogP contribution in [0.5, 0.6) is 5.75 Å². The number of nitrogens with zero attached hydrogens (tertiary/aromatic N) is 2. The van der Waals surface area contributed by atoms with Crippen LogP contribution in [0.1, 0.15) is 23.2 Å². The molecule has 0 unspecified atom stereocenters. The van der Waals surface area contributed by atoms with Crippen molar-refractivity contribution in [2.45, 2.75) is 12.8 Å². The molecule has 0 fully saturated rings. The van der Waals surface area contributed by atoms with Crippen molar-refractivity contribution in [2.75, 3.05) is 26.9 Å². The van der Waals surface area contributed by atoms with Crippen LogP contribution in [-0.2, 0) is 4.74 Å². The molecule has 33 heavy (non-hydrogen) atoms. The van der Waals surface area contributed by atoms with Gasteiger partial charge in [0, 0.05) is 42.7 Å². The quantitative estimate of drug-likeness (QED) is 0.234. The molecule has 9 heteroatoms. The van der Waals surface area contributed by atoms with Crippen molar-refractivity contribution in [1.29, 1.82) is 5.41 Å². The van der Waals surface area contributed by atoms with Crippen molar-refractivity contribution in [1.82, 2.24) is 10.3 Å². The lowest BCUT2D eigenvalue weighted by atomic mass is 10.1. The summed E-state index contributed by atoms with van der Waals surface area (Å²) in [6.07, 6.45) is 1.98. The number of hydrogen-bond donors (Lipinski definition) is 3. The van der Waals surface area contributed by atoms with Crippen molar-refractivity contribution >= 4 is 29.0 Å². The lowest BCUT2D eigenvalue weighted by Crippen LogP contribution is -2.25. The first-order valence-electron chi connectivity index (χ1n) is 10.4. The zero-order chi connectivity index (χ0) is 23.6. The van der Waals surface area contributed by atoms with Crippen LogP contribution in [0.2, 0.25) is 0 Å². The third-order valence-electron chi connectivity index (χ3n) is 4.84. The van der Waals surface area contributed by atoms with E-state index in [-0.39, 0.29) is 11.7 Å². The summed E-state index contributed by atoms with van der Waals surface area (Å²) >= 11 is 0. The van der Waals surface area contributed by atoms with Crippen LogP contribution >= 0.6 is 0 Å². The van der Waals surface area contributed by atoms with Gasteiger partial charge in [0.2, 0.25) is 0 Å². The van der Waals surface area contributed by atoms with Gasteiger partial charge in [-0.1, -0.05) is 0 Å². The van der Waals surface area contributed by atoms with Gasteiger partial charge in [0.05, 0.1) is 17.8 Å². The Morgan fingerprint density at radius 1 is 1.21 bits per heavy atom. The van der Waals surface area contributed by atoms with Gasteiger partial charge < -0.3 is 20.5 Å². The summed E-state index contributed by atoms with van der Waals surface area (Å²) < 4.78 is 24.3. The van der Waals surface area contributed by atoms with E-state index in [1.165, 1.54) is 12.1 Å². The number of nitrogens with one attached hydrogen (secondary N) is 2. The SMILES string of the molecule is COCCOc1cc(-c2ccc(F)cc2)nc2cc(C(=O)NCCCC(N)=NC=N)ccc12. The minimum absolute atomic E-state index is 0.240. The molecule has 4 N–H and O–H groups in total. The minimum Gasteiger partial charge on any atom is -0.490 e. The van der Waals surface area contributed by atoms with Gasteiger partial charge in [-0.15, -0.1) is 0 Å². The standard InChI is InChI=1S/C24H26FN5O3/c1-32-11-12-33-22-14-20(16-4-7-18(25)8-5-16)30-21-13-17(6-9-19(21)22)24(31)28-10-2-3-23(27)29-15-26/h4-9,13-15H,2-3,10-12H2,1H3,(H,28,31)(H3,26,27,29). The summed E-state index contributed by atoms with van der Waals surface area (Å²) in [5.74, 6) is 0.379. The number of pyridine rings is 1. The van der Waals surface area contributed by atoms with Crippen LogP contribution in [0.4, 0.5) is 4.39 Å². The molecule has 172 valence electrons. The Balaban J connectivity index is 1.84. The molecule has 1 heterocycles. The number of halogens is 1. The van der Waals surface area contributed by atoms with Gasteiger partial charge in [-0.3, -0.25) is 10.2 Å². The molecular weight excluding hydrogens is 425 g/mol. The first-order valence-corrected chi connectivity index (χ1v) is 10.4. The van der Waals surface area contributed by atoms with Gasteiger partial charge in [0.25, 0.3) is 5.91 Å². The van der Waals surface area contributed by atoms with E-state index in [4.69, 9.17) is 20.6 Å². The molecule has 0 atom stereocenters. The molecule has 3 rings (SSSR count). The van der Waals surface area contributed by atoms with Crippen LogP contribution in [-0.4, -0.2) is 49.9 Å². The Kier molecular flexibility index (Phi) is 8.43. The number of amides is 1. The highest BCUT2D eigenvalue weighted by atomic mass is 19.1. The van der Waals surface area contributed by atoms with E-state index in [1.807, 2.05) is 0 Å². The Morgan fingerprint density at radius 2 is 2.00 bits per heavy atom. The van der Waals surface area contributed by atoms with Gasteiger partial charge in [0.1, 0.15) is 30.3 Å². The van der Waals surface area contributed by atoms with E-state index in [2.05, 4.69) is 15.3 Å². The summed E-state index contributed by atoms with van der Waals surface area (Å²) in [6.45, 7) is 1.19. The van der Waals surface area contributed by atoms with Crippen molar-refractivity contribution < 1.29 is 18.7 Å². The Labute approximate surface area is 191 Å². The van der Waals surface area contributed by atoms with E-state index < -0.39 is 0 Å². The molecule has 1 amide bonds. The molecule has 0 aliphatic heterocycles. The number of aliphatic imine (C=N–C) groups is 1. The van der Waals surface area contributed by atoms with Gasteiger partial charge >= 0.3 is 0 Å². The van der Waals surface area contributed by atoms with Crippen LogP contribution in [0, 0.1) is 11.2 Å². The molecule has 0 bridgehead atoms. The molecule has 0 saturated heterocycles. The van der Waals surface area contributed by atoms with Crippen molar-refractivity contribution in [2.24, 2.45) is 10.7 Å². The second-order valence-corrected chi connectivity index (χ2v) is 7.19. The van der Waals surface area contributed by atoms with Gasteiger partial charge in [-0.25, -0.2) is 14.4 Å². The number of nitrogens with two attached hydrogens (primary N) is 1. The number of fused-ring (bicyclic) bond motifs is 1. The first kappa shape index (κ1) is 23.8. The molecule has 1 aromatic heterocycles. The Hall–Kier alpha value is -3.85. The fraction of sp³-hybridized carbons (Fsp3) is 0.250. The van der Waals surface area contributed by atoms with Crippen molar-refractivity contribution in [3.05, 3.63) is 59.9 Å². The first-order chi connectivity index (χ1) is 16.0. The topological polar surface area (TPSA) is 123 Å². The van der Waals surface area contributed by atoms with Gasteiger partial charge in [0.15, 0.2) is 0 Å². The number of amidine groups is 1. The Morgan fingerprint density at radius 3 is 2.73 bits per heavy atom. The highest BCUT2D eigenvalue weighted by Crippen LogP contribution is 2.31. The molecule has 3 aromatic rings. The fourth-order valence-corrected chi connectivity index (χ4v) is 3.18. The molecule has 2 aromatic carbocycles. The summed E-state index contributed by atoms with van der Waals surface area (Å²) in [4.78, 5) is 21.0. The number of ether oxygens (including phenoxy) is 2. The zero-order valence-electron chi connectivity index (χ0n) is 18.3. The maximum atomic E-state index is 13.4. The maximum Gasteiger partial charge on any atom is 0.251 e. The summed E-state index contributed by atoms with van der Waals surface area (Å²) in [7, 11) is 1.60. The smallest absolute Gasteiger partial charge is 0.251 e. The number of carbonyl (C=O) groups is 1. The number of methoxy groups -OCH3 is 1. The maximum absolute atomic E-state index is 13.4. The third-order valence-corrected chi connectivity index (χ3v) is 4.84. The van der Waals surface area contributed by atoms with E-state index in [0.717, 1.165) is 17.3 Å². The second-order valence-electron chi connectivity index (χ2n) is 7.19. The molecule has 0 aliphatic rings. The van der Waals surface area contributed by atoms with Gasteiger partial charge in [-0.05, 0) is 48.9 Å². The van der Waals surface area contributed by atoms with Gasteiger partial charge in [-0.2, -0.15) is 0 Å². The van der Waals surface area contributed by atoms with E-state index in [9.17, 15) is 9.18 Å². The lowest BCUT2D eigenvalue weighted by molar-refractivity contribution is 0.0953. The number of benzene rings is 2. The molecule has 0 saturated carbocycles. The normalized spacial score (nSPS) is 11.4. The largest absolute Gasteiger partial charge is 0.490 e. The summed E-state index contributed by atoms with van der Waals surface area (Å²) in [5, 5.41) is 10.5. The molecule has 0 spiro atoms. The number of rotatable bonds is 11. The monoisotopic (exact) mass is 451 g/mol. The Bertz CT molecular complexity index is 1150. The van der Waals surface area contributed by atoms with E-state index in [1.54, 1.807) is 43.5 Å². The zero-order valence-corrected chi connectivity index (χ0v) is 18.3. The third kappa shape index (κ3) is 6.56. The predicted molar refractivity (Wildman–Crippen MR) is 126 cm³/mol. The van der Waals surface area contributed by atoms with Crippen LogP contribution < -0.4 is 15.8 Å². The van der Waals surface area contributed by atoms with E-state index in [0.29, 0.717) is 61.0 Å². The lowest BCUT2D eigenvalue weighted by Gasteiger charge is -2.13. The average molecular weight is 452 g/mol. The van der Waals surface area contributed by atoms with Crippen LogP contribution in [0.25, 0.3) is 22.2 Å². The number of aromatic nitrogens is 1. The van der Waals surface area contributed by atoms with Crippen molar-refractivity contribution in [3.8, 4) is 17.0 Å². The second kappa shape index (κ2) is 11.7. The van der Waals surface area contributed by atoms with E-state index >= 15 is 0 Å². The molecule has 0 aliphatic carbocycles. The average Bonchev–Trinajstić information content (AvgIpc) is 2.82. The minimum atomic E-state index is -0.332. The van der Waals surface area contributed by atoms with Crippen LogP contribution in [0.3, 0.4) is 0 Å². The highest BCUT2D eigenvalue weighted by molar-refractivity contribution is 5.99. The summed E-state index contributed by atoms with van der Waals surface area (Å²) in [6, 6.07) is 13.0. The summed E-state index contributed by atoms with van der Waals surface area (Å²) in [5.41, 5.74) is 8.01. The molecule has 0 radical (unpaired) electrons. The number of hydrogen-bond acceptors (Lipinski definition) is 5. The van der Waals surface area contributed by atoms with Crippen LogP contribution in [0.15, 0.2) is 53.5 Å². The fourth-order valence-electron chi connectivity index (χ4n) is 3.18. The molecular formula is C24H26FN5O3. The predicted octanol–water partition coefficient (Wildman–Crippen LogP) is 3.54. The number of carbonyl (C=O) groups excluding carboxylic acids is 1.